The van der Waals surface area contributed by atoms with Gasteiger partial charge in [-0.1, -0.05) is 48.5 Å². The molecule has 0 aliphatic carbocycles. The average molecular weight is 363 g/mol. The zero-order valence-corrected chi connectivity index (χ0v) is 15.9. The summed E-state index contributed by atoms with van der Waals surface area (Å²) in [7, 11) is 0. The minimum absolute atomic E-state index is 0.00962. The van der Waals surface area contributed by atoms with E-state index in [1.54, 1.807) is 0 Å². The number of carbonyl (C=O) groups excluding carboxylic acids is 1. The van der Waals surface area contributed by atoms with Crippen molar-refractivity contribution in [2.24, 2.45) is 0 Å². The van der Waals surface area contributed by atoms with E-state index in [0.717, 1.165) is 34.9 Å². The largest absolute Gasteiger partial charge is 0.450 e. The van der Waals surface area contributed by atoms with Gasteiger partial charge in [-0.25, -0.2) is 0 Å². The van der Waals surface area contributed by atoms with E-state index in [2.05, 4.69) is 12.1 Å². The number of hydrogen-bond acceptors (Lipinski definition) is 3. The second-order valence-electron chi connectivity index (χ2n) is 7.30. The second-order valence-corrected chi connectivity index (χ2v) is 7.30. The Hall–Kier alpha value is -2.59. The topological polar surface area (TPSA) is 42.7 Å². The van der Waals surface area contributed by atoms with Crippen LogP contribution in [0.15, 0.2) is 52.9 Å². The maximum absolute atomic E-state index is 13.0. The van der Waals surface area contributed by atoms with Crippen molar-refractivity contribution in [3.63, 3.8) is 0 Å². The number of carbonyl (C=O) groups is 1. The van der Waals surface area contributed by atoms with Crippen molar-refractivity contribution in [1.82, 2.24) is 4.90 Å². The molecule has 2 heterocycles. The number of piperidine rings is 1. The van der Waals surface area contributed by atoms with E-state index in [-0.39, 0.29) is 12.0 Å². The Labute approximate surface area is 159 Å². The van der Waals surface area contributed by atoms with Crippen LogP contribution in [0, 0.1) is 13.8 Å². The predicted molar refractivity (Wildman–Crippen MR) is 106 cm³/mol. The van der Waals surface area contributed by atoms with Crippen molar-refractivity contribution in [3.8, 4) is 0 Å². The molecule has 0 spiro atoms. The molecule has 4 heteroatoms. The minimum Gasteiger partial charge on any atom is -0.450 e. The van der Waals surface area contributed by atoms with E-state index in [0.29, 0.717) is 25.5 Å². The van der Waals surface area contributed by atoms with E-state index in [9.17, 15) is 4.79 Å². The first kappa shape index (κ1) is 17.8. The lowest BCUT2D eigenvalue weighted by Gasteiger charge is -2.31. The number of amides is 1. The Bertz CT molecular complexity index is 937. The van der Waals surface area contributed by atoms with Crippen molar-refractivity contribution >= 4 is 16.9 Å². The number of aryl methyl sites for hydroxylation is 2. The van der Waals surface area contributed by atoms with Crippen molar-refractivity contribution in [2.45, 2.75) is 39.4 Å². The van der Waals surface area contributed by atoms with Gasteiger partial charge in [-0.3, -0.25) is 4.79 Å². The van der Waals surface area contributed by atoms with Gasteiger partial charge in [-0.2, -0.15) is 0 Å². The van der Waals surface area contributed by atoms with Crippen LogP contribution >= 0.6 is 0 Å². The van der Waals surface area contributed by atoms with Crippen LogP contribution in [0.25, 0.3) is 11.0 Å². The van der Waals surface area contributed by atoms with Gasteiger partial charge in [0.2, 0.25) is 0 Å². The van der Waals surface area contributed by atoms with E-state index in [1.807, 2.05) is 55.1 Å². The second kappa shape index (κ2) is 7.57. The number of para-hydroxylation sites is 1. The molecule has 0 unspecified atom stereocenters. The first-order valence-electron chi connectivity index (χ1n) is 9.57. The summed E-state index contributed by atoms with van der Waals surface area (Å²) in [5.41, 5.74) is 3.99. The maximum Gasteiger partial charge on any atom is 0.289 e. The summed E-state index contributed by atoms with van der Waals surface area (Å²) in [6, 6.07) is 16.2. The Balaban J connectivity index is 1.39. The highest BCUT2D eigenvalue weighted by molar-refractivity contribution is 5.99. The molecule has 0 bridgehead atoms. The molecule has 4 rings (SSSR count). The lowest BCUT2D eigenvalue weighted by molar-refractivity contribution is -0.00101. The molecule has 4 nitrogen and oxygen atoms in total. The predicted octanol–water partition coefficient (Wildman–Crippen LogP) is 4.87. The summed E-state index contributed by atoms with van der Waals surface area (Å²) in [6.45, 7) is 6.01. The number of nitrogens with zero attached hydrogens (tertiary/aromatic N) is 1. The van der Waals surface area contributed by atoms with Crippen LogP contribution in [0.2, 0.25) is 0 Å². The summed E-state index contributed by atoms with van der Waals surface area (Å²) < 4.78 is 12.0. The summed E-state index contributed by atoms with van der Waals surface area (Å²) in [5.74, 6) is 0.465. The molecule has 0 atom stereocenters. The number of ether oxygens (including phenoxy) is 1. The molecular weight excluding hydrogens is 338 g/mol. The number of likely N-dealkylation sites (tertiary alicyclic amines) is 1. The standard InChI is InChI=1S/C23H25NO3/c1-16-7-6-10-20-17(2)22(27-21(16)20)23(25)24-13-11-19(12-14-24)26-15-18-8-4-3-5-9-18/h3-10,19H,11-15H2,1-2H3. The first-order chi connectivity index (χ1) is 13.1. The molecule has 2 aromatic carbocycles. The van der Waals surface area contributed by atoms with Crippen molar-refractivity contribution < 1.29 is 13.9 Å². The fraction of sp³-hybridized carbons (Fsp3) is 0.348. The highest BCUT2D eigenvalue weighted by atomic mass is 16.5. The van der Waals surface area contributed by atoms with Crippen LogP contribution in [0.4, 0.5) is 0 Å². The molecule has 0 saturated carbocycles. The van der Waals surface area contributed by atoms with E-state index < -0.39 is 0 Å². The Kier molecular flexibility index (Phi) is 4.99. The third-order valence-electron chi connectivity index (χ3n) is 5.41. The molecule has 140 valence electrons. The summed E-state index contributed by atoms with van der Waals surface area (Å²) in [6.07, 6.45) is 1.92. The summed E-state index contributed by atoms with van der Waals surface area (Å²) in [4.78, 5) is 14.9. The van der Waals surface area contributed by atoms with Crippen molar-refractivity contribution in [2.75, 3.05) is 13.1 Å². The molecule has 1 saturated heterocycles. The molecule has 1 aromatic heterocycles. The molecular formula is C23H25NO3. The SMILES string of the molecule is Cc1c(C(=O)N2CCC(OCc3ccccc3)CC2)oc2c(C)cccc12. The summed E-state index contributed by atoms with van der Waals surface area (Å²) in [5, 5.41) is 1.03. The molecule has 0 radical (unpaired) electrons. The number of benzene rings is 2. The molecule has 1 amide bonds. The van der Waals surface area contributed by atoms with Gasteiger partial charge in [0.05, 0.1) is 12.7 Å². The fourth-order valence-corrected chi connectivity index (χ4v) is 3.75. The molecule has 1 fully saturated rings. The van der Waals surface area contributed by atoms with Gasteiger partial charge < -0.3 is 14.1 Å². The van der Waals surface area contributed by atoms with Gasteiger partial charge in [0.1, 0.15) is 5.58 Å². The maximum atomic E-state index is 13.0. The highest BCUT2D eigenvalue weighted by Gasteiger charge is 2.28. The third kappa shape index (κ3) is 3.62. The smallest absolute Gasteiger partial charge is 0.289 e. The zero-order chi connectivity index (χ0) is 18.8. The van der Waals surface area contributed by atoms with Gasteiger partial charge in [-0.05, 0) is 37.8 Å². The van der Waals surface area contributed by atoms with E-state index in [1.165, 1.54) is 5.56 Å². The van der Waals surface area contributed by atoms with Gasteiger partial charge in [0, 0.05) is 24.0 Å². The molecule has 3 aromatic rings. The van der Waals surface area contributed by atoms with Gasteiger partial charge in [-0.15, -0.1) is 0 Å². The molecule has 27 heavy (non-hydrogen) atoms. The Morgan fingerprint density at radius 2 is 1.81 bits per heavy atom. The van der Waals surface area contributed by atoms with Crippen LogP contribution in [0.3, 0.4) is 0 Å². The minimum atomic E-state index is -0.00962. The molecule has 0 N–H and O–H groups in total. The lowest BCUT2D eigenvalue weighted by Crippen LogP contribution is -2.40. The number of fused-ring (bicyclic) bond motifs is 1. The monoisotopic (exact) mass is 363 g/mol. The van der Waals surface area contributed by atoms with Crippen LogP contribution in [0.5, 0.6) is 0 Å². The van der Waals surface area contributed by atoms with Crippen LogP contribution in [-0.2, 0) is 11.3 Å². The van der Waals surface area contributed by atoms with E-state index in [4.69, 9.17) is 9.15 Å². The van der Waals surface area contributed by atoms with Crippen LogP contribution < -0.4 is 0 Å². The Morgan fingerprint density at radius 3 is 2.52 bits per heavy atom. The van der Waals surface area contributed by atoms with Gasteiger partial charge in [0.25, 0.3) is 5.91 Å². The van der Waals surface area contributed by atoms with E-state index >= 15 is 0 Å². The quantitative estimate of drug-likeness (QED) is 0.664. The van der Waals surface area contributed by atoms with Crippen LogP contribution in [-0.4, -0.2) is 30.0 Å². The average Bonchev–Trinajstić information content (AvgIpc) is 3.05. The van der Waals surface area contributed by atoms with Crippen molar-refractivity contribution in [1.29, 1.82) is 0 Å². The third-order valence-corrected chi connectivity index (χ3v) is 5.41. The first-order valence-corrected chi connectivity index (χ1v) is 9.57. The number of hydrogen-bond donors (Lipinski definition) is 0. The van der Waals surface area contributed by atoms with Crippen LogP contribution in [0.1, 0.15) is 40.1 Å². The Morgan fingerprint density at radius 1 is 1.07 bits per heavy atom. The van der Waals surface area contributed by atoms with Crippen molar-refractivity contribution in [3.05, 3.63) is 71.0 Å². The lowest BCUT2D eigenvalue weighted by atomic mass is 10.1. The molecule has 1 aliphatic heterocycles. The normalized spacial score (nSPS) is 15.4. The van der Waals surface area contributed by atoms with Gasteiger partial charge >= 0.3 is 0 Å². The number of furan rings is 1. The highest BCUT2D eigenvalue weighted by Crippen LogP contribution is 2.29. The molecule has 1 aliphatic rings. The fourth-order valence-electron chi connectivity index (χ4n) is 3.75. The summed E-state index contributed by atoms with van der Waals surface area (Å²) >= 11 is 0. The zero-order valence-electron chi connectivity index (χ0n) is 15.9. The van der Waals surface area contributed by atoms with Gasteiger partial charge in [0.15, 0.2) is 5.76 Å². The number of rotatable bonds is 4.